The van der Waals surface area contributed by atoms with Crippen molar-refractivity contribution in [2.24, 2.45) is 5.73 Å². The van der Waals surface area contributed by atoms with E-state index < -0.39 is 5.91 Å². The minimum atomic E-state index is -0.520. The second-order valence-corrected chi connectivity index (χ2v) is 4.79. The summed E-state index contributed by atoms with van der Waals surface area (Å²) in [5.41, 5.74) is 5.05. The summed E-state index contributed by atoms with van der Waals surface area (Å²) in [6.07, 6.45) is 1.96. The van der Waals surface area contributed by atoms with E-state index in [9.17, 15) is 4.79 Å². The van der Waals surface area contributed by atoms with Gasteiger partial charge in [0.05, 0.1) is 25.4 Å². The number of carbonyl (C=O) groups excluding carboxylic acids is 1. The van der Waals surface area contributed by atoms with E-state index in [4.69, 9.17) is 15.2 Å². The molecule has 0 aromatic carbocycles. The Balaban J connectivity index is 1.90. The third-order valence-corrected chi connectivity index (χ3v) is 2.50. The van der Waals surface area contributed by atoms with E-state index in [2.05, 4.69) is 5.10 Å². The quantitative estimate of drug-likeness (QED) is 0.718. The van der Waals surface area contributed by atoms with Crippen molar-refractivity contribution in [2.45, 2.75) is 32.1 Å². The minimum Gasteiger partial charge on any atom is -0.371 e. The average Bonchev–Trinajstić information content (AvgIpc) is 2.95. The molecule has 94 valence electrons. The Bertz CT molecular complexity index is 410. The monoisotopic (exact) mass is 239 g/mol. The van der Waals surface area contributed by atoms with Gasteiger partial charge in [-0.1, -0.05) is 0 Å². The fourth-order valence-electron chi connectivity index (χ4n) is 1.50. The highest BCUT2D eigenvalue weighted by atomic mass is 16.6. The summed E-state index contributed by atoms with van der Waals surface area (Å²) in [6, 6.07) is 1.60. The Morgan fingerprint density at radius 2 is 2.47 bits per heavy atom. The van der Waals surface area contributed by atoms with E-state index >= 15 is 0 Å². The zero-order chi connectivity index (χ0) is 12.5. The van der Waals surface area contributed by atoms with Crippen molar-refractivity contribution in [3.05, 3.63) is 18.0 Å². The van der Waals surface area contributed by atoms with Crippen LogP contribution in [0.4, 0.5) is 0 Å². The van der Waals surface area contributed by atoms with Crippen LogP contribution >= 0.6 is 0 Å². The number of carbonyl (C=O) groups is 1. The van der Waals surface area contributed by atoms with Gasteiger partial charge in [-0.25, -0.2) is 0 Å². The lowest BCUT2D eigenvalue weighted by atomic mass is 10.1. The average molecular weight is 239 g/mol. The molecule has 2 heterocycles. The number of nitrogens with two attached hydrogens (primary N) is 1. The van der Waals surface area contributed by atoms with Gasteiger partial charge in [0.1, 0.15) is 11.8 Å². The number of primary amides is 1. The Morgan fingerprint density at radius 1 is 1.76 bits per heavy atom. The van der Waals surface area contributed by atoms with E-state index in [1.165, 1.54) is 0 Å². The van der Waals surface area contributed by atoms with Gasteiger partial charge in [-0.3, -0.25) is 9.48 Å². The van der Waals surface area contributed by atoms with Crippen molar-refractivity contribution in [1.82, 2.24) is 9.78 Å². The molecule has 2 N–H and O–H groups in total. The highest BCUT2D eigenvalue weighted by molar-refractivity contribution is 5.90. The molecule has 6 nitrogen and oxygen atoms in total. The van der Waals surface area contributed by atoms with E-state index in [1.807, 2.05) is 13.8 Å². The van der Waals surface area contributed by atoms with E-state index in [0.717, 1.165) is 6.61 Å². The number of rotatable bonds is 6. The maximum Gasteiger partial charge on any atom is 0.269 e. The van der Waals surface area contributed by atoms with Crippen LogP contribution in [0.5, 0.6) is 0 Å². The van der Waals surface area contributed by atoms with Crippen LogP contribution in [0.25, 0.3) is 0 Å². The van der Waals surface area contributed by atoms with Crippen molar-refractivity contribution in [3.63, 3.8) is 0 Å². The molecule has 1 aromatic rings. The first-order valence-corrected chi connectivity index (χ1v) is 5.55. The normalized spacial score (nSPS) is 19.3. The van der Waals surface area contributed by atoms with Crippen molar-refractivity contribution >= 4 is 5.91 Å². The van der Waals surface area contributed by atoms with Gasteiger partial charge < -0.3 is 15.2 Å². The van der Waals surface area contributed by atoms with Crippen molar-refractivity contribution in [3.8, 4) is 0 Å². The molecule has 0 saturated carbocycles. The van der Waals surface area contributed by atoms with Gasteiger partial charge in [0.2, 0.25) is 0 Å². The van der Waals surface area contributed by atoms with Crippen LogP contribution in [0.3, 0.4) is 0 Å². The van der Waals surface area contributed by atoms with E-state index in [-0.39, 0.29) is 17.4 Å². The first-order valence-electron chi connectivity index (χ1n) is 5.55. The molecular weight excluding hydrogens is 222 g/mol. The van der Waals surface area contributed by atoms with E-state index in [1.54, 1.807) is 16.9 Å². The Morgan fingerprint density at radius 3 is 3.00 bits per heavy atom. The van der Waals surface area contributed by atoms with Crippen LogP contribution in [0.1, 0.15) is 24.3 Å². The first-order chi connectivity index (χ1) is 7.96. The fourth-order valence-corrected chi connectivity index (χ4v) is 1.50. The summed E-state index contributed by atoms with van der Waals surface area (Å²) >= 11 is 0. The maximum absolute atomic E-state index is 10.9. The lowest BCUT2D eigenvalue weighted by Gasteiger charge is -2.24. The van der Waals surface area contributed by atoms with Crippen LogP contribution in [-0.2, 0) is 16.0 Å². The van der Waals surface area contributed by atoms with Gasteiger partial charge in [-0.05, 0) is 19.9 Å². The van der Waals surface area contributed by atoms with Crippen LogP contribution in [-0.4, -0.2) is 40.6 Å². The number of ether oxygens (including phenoxy) is 2. The fraction of sp³-hybridized carbons (Fsp3) is 0.636. The summed E-state index contributed by atoms with van der Waals surface area (Å²) in [4.78, 5) is 10.9. The van der Waals surface area contributed by atoms with Crippen molar-refractivity contribution < 1.29 is 14.3 Å². The van der Waals surface area contributed by atoms with Gasteiger partial charge in [-0.15, -0.1) is 0 Å². The number of aromatic nitrogens is 2. The predicted molar refractivity (Wildman–Crippen MR) is 60.5 cm³/mol. The molecule has 1 aromatic heterocycles. The molecule has 0 radical (unpaired) electrons. The summed E-state index contributed by atoms with van der Waals surface area (Å²) in [5.74, 6) is -0.520. The molecule has 1 atom stereocenters. The highest BCUT2D eigenvalue weighted by Gasteiger charge is 2.28. The van der Waals surface area contributed by atoms with Gasteiger partial charge in [0, 0.05) is 6.20 Å². The number of hydrogen-bond donors (Lipinski definition) is 1. The molecule has 1 aliphatic heterocycles. The maximum atomic E-state index is 10.9. The molecule has 2 rings (SSSR count). The van der Waals surface area contributed by atoms with E-state index in [0.29, 0.717) is 13.2 Å². The minimum absolute atomic E-state index is 0.244. The van der Waals surface area contributed by atoms with Crippen molar-refractivity contribution in [2.75, 3.05) is 13.2 Å². The van der Waals surface area contributed by atoms with Gasteiger partial charge in [0.15, 0.2) is 0 Å². The number of amides is 1. The molecule has 0 spiro atoms. The van der Waals surface area contributed by atoms with Crippen LogP contribution < -0.4 is 5.73 Å². The van der Waals surface area contributed by atoms with Gasteiger partial charge in [0.25, 0.3) is 5.91 Å². The van der Waals surface area contributed by atoms with Crippen LogP contribution in [0, 0.1) is 0 Å². The standard InChI is InChI=1S/C11H17N3O3/c1-11(2,17-6-8-5-16-8)7-14-4-3-9(13-14)10(12)15/h3-4,8H,5-7H2,1-2H3,(H2,12,15)/t8-/m0/s1. The molecule has 1 saturated heterocycles. The number of nitrogens with zero attached hydrogens (tertiary/aromatic N) is 2. The Labute approximate surface area is 99.7 Å². The summed E-state index contributed by atoms with van der Waals surface area (Å²) in [7, 11) is 0. The SMILES string of the molecule is CC(C)(Cn1ccc(C(N)=O)n1)OC[C@@H]1CO1. The summed E-state index contributed by atoms with van der Waals surface area (Å²) in [6.45, 7) is 5.88. The third-order valence-electron chi connectivity index (χ3n) is 2.50. The highest BCUT2D eigenvalue weighted by Crippen LogP contribution is 2.17. The zero-order valence-electron chi connectivity index (χ0n) is 10.0. The molecule has 1 fully saturated rings. The molecule has 1 aliphatic rings. The van der Waals surface area contributed by atoms with Crippen LogP contribution in [0.15, 0.2) is 12.3 Å². The first kappa shape index (κ1) is 12.1. The lowest BCUT2D eigenvalue weighted by molar-refractivity contribution is -0.0378. The van der Waals surface area contributed by atoms with Crippen molar-refractivity contribution in [1.29, 1.82) is 0 Å². The zero-order valence-corrected chi connectivity index (χ0v) is 10.0. The second kappa shape index (κ2) is 4.46. The smallest absolute Gasteiger partial charge is 0.269 e. The Kier molecular flexibility index (Phi) is 3.17. The molecular formula is C11H17N3O3. The molecule has 17 heavy (non-hydrogen) atoms. The molecule has 6 heteroatoms. The van der Waals surface area contributed by atoms with Crippen LogP contribution in [0.2, 0.25) is 0 Å². The largest absolute Gasteiger partial charge is 0.371 e. The number of hydrogen-bond acceptors (Lipinski definition) is 4. The molecule has 0 unspecified atom stereocenters. The Hall–Kier alpha value is -1.40. The molecule has 0 bridgehead atoms. The topological polar surface area (TPSA) is 82.7 Å². The lowest BCUT2D eigenvalue weighted by Crippen LogP contribution is -2.32. The summed E-state index contributed by atoms with van der Waals surface area (Å²) < 4.78 is 12.5. The predicted octanol–water partition coefficient (Wildman–Crippen LogP) is 0.176. The molecule has 0 aliphatic carbocycles. The van der Waals surface area contributed by atoms with Gasteiger partial charge in [-0.2, -0.15) is 5.10 Å². The van der Waals surface area contributed by atoms with Gasteiger partial charge >= 0.3 is 0 Å². The number of epoxide rings is 1. The second-order valence-electron chi connectivity index (χ2n) is 4.79. The third kappa shape index (κ3) is 3.54. The summed E-state index contributed by atoms with van der Waals surface area (Å²) in [5, 5.41) is 4.07. The molecule has 1 amide bonds.